The number of hydrogen-bond acceptors (Lipinski definition) is 2. The van der Waals surface area contributed by atoms with Gasteiger partial charge in [0, 0.05) is 5.56 Å². The molecular weight excluding hydrogens is 160 g/mol. The molecule has 1 aliphatic heterocycles. The molecule has 0 saturated heterocycles. The summed E-state index contributed by atoms with van der Waals surface area (Å²) in [4.78, 5) is 4.44. The first kappa shape index (κ1) is 8.05. The molecule has 0 aromatic heterocycles. The SMILES string of the molecule is CCC1=[N+]C(c2ccccc2)=CN1. The van der Waals surface area contributed by atoms with Crippen LogP contribution in [0.1, 0.15) is 18.9 Å². The van der Waals surface area contributed by atoms with Crippen LogP contribution in [0, 0.1) is 0 Å². The molecule has 1 aromatic rings. The molecule has 0 aliphatic carbocycles. The molecule has 0 atom stereocenters. The molecule has 2 heteroatoms. The number of benzene rings is 1. The van der Waals surface area contributed by atoms with Gasteiger partial charge in [-0.1, -0.05) is 37.3 Å². The Balaban J connectivity index is 2.25. The summed E-state index contributed by atoms with van der Waals surface area (Å²) in [7, 11) is 0. The maximum absolute atomic E-state index is 4.44. The van der Waals surface area contributed by atoms with E-state index in [2.05, 4.69) is 29.4 Å². The van der Waals surface area contributed by atoms with E-state index in [1.54, 1.807) is 0 Å². The summed E-state index contributed by atoms with van der Waals surface area (Å²) < 4.78 is 0. The lowest BCUT2D eigenvalue weighted by Crippen LogP contribution is -2.14. The highest BCUT2D eigenvalue weighted by atomic mass is 15.0. The van der Waals surface area contributed by atoms with Crippen molar-refractivity contribution in [1.82, 2.24) is 10.3 Å². The molecular formula is C11H12N2+. The fraction of sp³-hybridized carbons (Fsp3) is 0.182. The van der Waals surface area contributed by atoms with Crippen molar-refractivity contribution in [2.75, 3.05) is 0 Å². The van der Waals surface area contributed by atoms with Crippen molar-refractivity contribution < 1.29 is 0 Å². The summed E-state index contributed by atoms with van der Waals surface area (Å²) in [5, 5.41) is 3.14. The van der Waals surface area contributed by atoms with Crippen LogP contribution in [-0.4, -0.2) is 5.84 Å². The van der Waals surface area contributed by atoms with Crippen molar-refractivity contribution in [2.24, 2.45) is 0 Å². The van der Waals surface area contributed by atoms with Crippen LogP contribution >= 0.6 is 0 Å². The highest BCUT2D eigenvalue weighted by Crippen LogP contribution is 2.11. The van der Waals surface area contributed by atoms with E-state index in [1.807, 2.05) is 24.4 Å². The normalized spacial score (nSPS) is 14.8. The molecule has 0 unspecified atom stereocenters. The van der Waals surface area contributed by atoms with Crippen molar-refractivity contribution in [3.05, 3.63) is 42.1 Å². The van der Waals surface area contributed by atoms with Gasteiger partial charge in [0.05, 0.1) is 6.42 Å². The van der Waals surface area contributed by atoms with Gasteiger partial charge in [-0.15, -0.1) is 0 Å². The number of aliphatic imine (C=N–C) groups is 1. The van der Waals surface area contributed by atoms with Gasteiger partial charge in [0.2, 0.25) is 5.70 Å². The van der Waals surface area contributed by atoms with E-state index >= 15 is 0 Å². The number of nitrogens with zero attached hydrogens (tertiary/aromatic N) is 1. The van der Waals surface area contributed by atoms with Crippen LogP contribution in [0.4, 0.5) is 0 Å². The van der Waals surface area contributed by atoms with E-state index in [0.717, 1.165) is 18.0 Å². The van der Waals surface area contributed by atoms with Crippen LogP contribution in [0.15, 0.2) is 36.5 Å². The van der Waals surface area contributed by atoms with Crippen molar-refractivity contribution in [3.63, 3.8) is 0 Å². The first-order valence-corrected chi connectivity index (χ1v) is 4.50. The Labute approximate surface area is 78.0 Å². The van der Waals surface area contributed by atoms with Gasteiger partial charge in [-0.2, -0.15) is 0 Å². The first-order chi connectivity index (χ1) is 6.40. The van der Waals surface area contributed by atoms with Gasteiger partial charge in [-0.05, 0) is 4.99 Å². The van der Waals surface area contributed by atoms with Crippen LogP contribution in [0.25, 0.3) is 5.70 Å². The average molecular weight is 172 g/mol. The van der Waals surface area contributed by atoms with E-state index in [9.17, 15) is 0 Å². The highest BCUT2D eigenvalue weighted by Gasteiger charge is 2.18. The lowest BCUT2D eigenvalue weighted by atomic mass is 10.2. The number of rotatable bonds is 2. The zero-order chi connectivity index (χ0) is 9.10. The average Bonchev–Trinajstić information content (AvgIpc) is 2.67. The minimum absolute atomic E-state index is 0.951. The summed E-state index contributed by atoms with van der Waals surface area (Å²) in [5.41, 5.74) is 2.19. The molecule has 1 N–H and O–H groups in total. The van der Waals surface area contributed by atoms with Gasteiger partial charge in [0.25, 0.3) is 5.84 Å². The highest BCUT2D eigenvalue weighted by molar-refractivity contribution is 5.91. The number of amidine groups is 1. The predicted octanol–water partition coefficient (Wildman–Crippen LogP) is 1.73. The summed E-state index contributed by atoms with van der Waals surface area (Å²) >= 11 is 0. The molecule has 1 heterocycles. The third-order valence-electron chi connectivity index (χ3n) is 2.04. The molecule has 1 aliphatic rings. The van der Waals surface area contributed by atoms with Gasteiger partial charge < -0.3 is 0 Å². The molecule has 1 radical (unpaired) electrons. The Hall–Kier alpha value is -1.57. The Morgan fingerprint density at radius 2 is 2.00 bits per heavy atom. The molecule has 0 saturated carbocycles. The Bertz CT molecular complexity index is 350. The fourth-order valence-electron chi connectivity index (χ4n) is 1.30. The quantitative estimate of drug-likeness (QED) is 0.722. The fourth-order valence-corrected chi connectivity index (χ4v) is 1.30. The summed E-state index contributed by atoms with van der Waals surface area (Å²) in [6, 6.07) is 10.2. The van der Waals surface area contributed by atoms with Gasteiger partial charge >= 0.3 is 0 Å². The van der Waals surface area contributed by atoms with Gasteiger partial charge in [-0.25, -0.2) is 5.32 Å². The molecule has 0 amide bonds. The van der Waals surface area contributed by atoms with Crippen LogP contribution in [0.3, 0.4) is 0 Å². The smallest absolute Gasteiger partial charge is 0.244 e. The van der Waals surface area contributed by atoms with Crippen molar-refractivity contribution in [3.8, 4) is 0 Å². The van der Waals surface area contributed by atoms with E-state index < -0.39 is 0 Å². The largest absolute Gasteiger partial charge is 0.296 e. The molecule has 65 valence electrons. The van der Waals surface area contributed by atoms with Crippen molar-refractivity contribution in [2.45, 2.75) is 13.3 Å². The standard InChI is InChI=1S/C11H12N2/c1-2-11-12-8-10(13-11)9-6-4-3-5-7-9/h3-8,12H,2H2,1H3/q+1. The molecule has 13 heavy (non-hydrogen) atoms. The summed E-state index contributed by atoms with van der Waals surface area (Å²) in [5.74, 6) is 1.04. The predicted molar refractivity (Wildman–Crippen MR) is 55.0 cm³/mol. The molecule has 0 spiro atoms. The van der Waals surface area contributed by atoms with Gasteiger partial charge in [-0.3, -0.25) is 0 Å². The monoisotopic (exact) mass is 172 g/mol. The molecule has 0 bridgehead atoms. The maximum atomic E-state index is 4.44. The topological polar surface area (TPSA) is 26.1 Å². The minimum atomic E-state index is 0.951. The van der Waals surface area contributed by atoms with E-state index in [-0.39, 0.29) is 0 Å². The first-order valence-electron chi connectivity index (χ1n) is 4.50. The third-order valence-corrected chi connectivity index (χ3v) is 2.04. The van der Waals surface area contributed by atoms with E-state index in [4.69, 9.17) is 0 Å². The Morgan fingerprint density at radius 1 is 1.23 bits per heavy atom. The van der Waals surface area contributed by atoms with Gasteiger partial charge in [0.15, 0.2) is 0 Å². The second-order valence-corrected chi connectivity index (χ2v) is 2.95. The zero-order valence-corrected chi connectivity index (χ0v) is 7.62. The molecule has 0 fully saturated rings. The molecule has 2 rings (SSSR count). The summed E-state index contributed by atoms with van der Waals surface area (Å²) in [6.45, 7) is 2.09. The maximum Gasteiger partial charge on any atom is 0.296 e. The lowest BCUT2D eigenvalue weighted by Gasteiger charge is -1.89. The minimum Gasteiger partial charge on any atom is -0.244 e. The molecule has 1 aromatic carbocycles. The van der Waals surface area contributed by atoms with Crippen LogP contribution in [0.2, 0.25) is 0 Å². The summed E-state index contributed by atoms with van der Waals surface area (Å²) in [6.07, 6.45) is 2.90. The molecule has 2 nitrogen and oxygen atoms in total. The Kier molecular flexibility index (Phi) is 2.13. The number of hydrogen-bond donors (Lipinski definition) is 1. The third kappa shape index (κ3) is 1.61. The number of nitrogens with one attached hydrogen (secondary N) is 1. The second kappa shape index (κ2) is 3.44. The van der Waals surface area contributed by atoms with E-state index in [0.29, 0.717) is 0 Å². The van der Waals surface area contributed by atoms with Crippen LogP contribution in [-0.2, 0) is 0 Å². The van der Waals surface area contributed by atoms with Crippen LogP contribution in [0.5, 0.6) is 0 Å². The van der Waals surface area contributed by atoms with E-state index in [1.165, 1.54) is 5.56 Å². The van der Waals surface area contributed by atoms with Crippen molar-refractivity contribution >= 4 is 11.5 Å². The Morgan fingerprint density at radius 3 is 2.62 bits per heavy atom. The van der Waals surface area contributed by atoms with Gasteiger partial charge in [0.1, 0.15) is 6.20 Å². The second-order valence-electron chi connectivity index (χ2n) is 2.95. The zero-order valence-electron chi connectivity index (χ0n) is 7.62. The van der Waals surface area contributed by atoms with Crippen LogP contribution < -0.4 is 10.3 Å². The lowest BCUT2D eigenvalue weighted by molar-refractivity contribution is 1.15. The van der Waals surface area contributed by atoms with Crippen molar-refractivity contribution in [1.29, 1.82) is 0 Å².